The first-order valence-corrected chi connectivity index (χ1v) is 6.50. The molecular weight excluding hydrogens is 216 g/mol. The maximum absolute atomic E-state index is 11.3. The minimum absolute atomic E-state index is 0.0933. The van der Waals surface area contributed by atoms with E-state index in [4.69, 9.17) is 9.47 Å². The van der Waals surface area contributed by atoms with Gasteiger partial charge in [-0.15, -0.1) is 0 Å². The zero-order valence-corrected chi connectivity index (χ0v) is 11.4. The van der Waals surface area contributed by atoms with Gasteiger partial charge in [0.15, 0.2) is 6.10 Å². The van der Waals surface area contributed by atoms with Gasteiger partial charge in [-0.1, -0.05) is 18.6 Å². The van der Waals surface area contributed by atoms with Crippen LogP contribution < -0.4 is 0 Å². The lowest BCUT2D eigenvalue weighted by Crippen LogP contribution is -2.14. The van der Waals surface area contributed by atoms with Crippen LogP contribution in [-0.4, -0.2) is 24.8 Å². The summed E-state index contributed by atoms with van der Waals surface area (Å²) in [7, 11) is 0. The molecule has 1 aliphatic rings. The van der Waals surface area contributed by atoms with E-state index < -0.39 is 0 Å². The highest BCUT2D eigenvalue weighted by Crippen LogP contribution is 2.31. The molecular formula is C14H24O3. The Morgan fingerprint density at radius 3 is 2.76 bits per heavy atom. The summed E-state index contributed by atoms with van der Waals surface area (Å²) >= 11 is 0. The number of hydrogen-bond acceptors (Lipinski definition) is 3. The van der Waals surface area contributed by atoms with Gasteiger partial charge in [0.2, 0.25) is 0 Å². The van der Waals surface area contributed by atoms with E-state index in [1.807, 2.05) is 6.92 Å². The molecule has 0 aromatic rings. The number of carbonyl (C=O) groups excluding carboxylic acids is 1. The molecule has 1 rings (SSSR count). The molecule has 3 heteroatoms. The van der Waals surface area contributed by atoms with Crippen molar-refractivity contribution in [3.8, 4) is 0 Å². The molecule has 3 unspecified atom stereocenters. The van der Waals surface area contributed by atoms with Crippen LogP contribution in [0.3, 0.4) is 0 Å². The van der Waals surface area contributed by atoms with Gasteiger partial charge in [-0.3, -0.25) is 0 Å². The van der Waals surface area contributed by atoms with Crippen molar-refractivity contribution in [2.45, 2.75) is 59.2 Å². The van der Waals surface area contributed by atoms with Crippen LogP contribution in [0.2, 0.25) is 0 Å². The van der Waals surface area contributed by atoms with Gasteiger partial charge in [0.1, 0.15) is 0 Å². The molecule has 1 saturated heterocycles. The van der Waals surface area contributed by atoms with E-state index in [1.54, 1.807) is 0 Å². The first kappa shape index (κ1) is 14.2. The molecule has 17 heavy (non-hydrogen) atoms. The summed E-state index contributed by atoms with van der Waals surface area (Å²) in [6.45, 7) is 8.69. The molecule has 1 heterocycles. The van der Waals surface area contributed by atoms with Crippen molar-refractivity contribution in [3.63, 3.8) is 0 Å². The van der Waals surface area contributed by atoms with Gasteiger partial charge in [0, 0.05) is 0 Å². The SMILES string of the molecule is CCOC(=O)C1OC1CC(C)CCC=C(C)C. The van der Waals surface area contributed by atoms with Crippen molar-refractivity contribution >= 4 is 5.97 Å². The maximum Gasteiger partial charge on any atom is 0.337 e. The van der Waals surface area contributed by atoms with E-state index in [0.717, 1.165) is 19.3 Å². The van der Waals surface area contributed by atoms with Crippen LogP contribution in [0, 0.1) is 5.92 Å². The van der Waals surface area contributed by atoms with Crippen LogP contribution in [0.5, 0.6) is 0 Å². The van der Waals surface area contributed by atoms with Gasteiger partial charge < -0.3 is 9.47 Å². The van der Waals surface area contributed by atoms with Crippen molar-refractivity contribution in [3.05, 3.63) is 11.6 Å². The largest absolute Gasteiger partial charge is 0.464 e. The number of epoxide rings is 1. The lowest BCUT2D eigenvalue weighted by molar-refractivity contribution is -0.144. The summed E-state index contributed by atoms with van der Waals surface area (Å²) in [4.78, 5) is 11.3. The van der Waals surface area contributed by atoms with Crippen LogP contribution in [0.25, 0.3) is 0 Å². The van der Waals surface area contributed by atoms with Crippen molar-refractivity contribution < 1.29 is 14.3 Å². The molecule has 1 fully saturated rings. The number of ether oxygens (including phenoxy) is 2. The second kappa shape index (κ2) is 6.80. The molecule has 0 aromatic heterocycles. The van der Waals surface area contributed by atoms with Crippen LogP contribution in [0.4, 0.5) is 0 Å². The first-order valence-electron chi connectivity index (χ1n) is 6.50. The van der Waals surface area contributed by atoms with Gasteiger partial charge in [-0.25, -0.2) is 4.79 Å². The van der Waals surface area contributed by atoms with Crippen LogP contribution in [-0.2, 0) is 14.3 Å². The van der Waals surface area contributed by atoms with Gasteiger partial charge in [0.25, 0.3) is 0 Å². The molecule has 0 aliphatic carbocycles. The Morgan fingerprint density at radius 1 is 1.47 bits per heavy atom. The monoisotopic (exact) mass is 240 g/mol. The van der Waals surface area contributed by atoms with Gasteiger partial charge in [0.05, 0.1) is 12.7 Å². The fraction of sp³-hybridized carbons (Fsp3) is 0.786. The summed E-state index contributed by atoms with van der Waals surface area (Å²) < 4.78 is 10.3. The summed E-state index contributed by atoms with van der Waals surface area (Å²) in [6, 6.07) is 0. The Bertz CT molecular complexity index is 279. The number of hydrogen-bond donors (Lipinski definition) is 0. The van der Waals surface area contributed by atoms with E-state index in [0.29, 0.717) is 12.5 Å². The number of rotatable bonds is 7. The predicted octanol–water partition coefficient (Wildman–Crippen LogP) is 3.09. The summed E-state index contributed by atoms with van der Waals surface area (Å²) in [5.74, 6) is 0.393. The Labute approximate surface area is 104 Å². The highest BCUT2D eigenvalue weighted by molar-refractivity contribution is 5.77. The lowest BCUT2D eigenvalue weighted by atomic mass is 9.98. The minimum atomic E-state index is -0.291. The van der Waals surface area contributed by atoms with E-state index in [-0.39, 0.29) is 18.2 Å². The molecule has 0 saturated carbocycles. The molecule has 0 bridgehead atoms. The zero-order valence-electron chi connectivity index (χ0n) is 11.4. The van der Waals surface area contributed by atoms with E-state index >= 15 is 0 Å². The van der Waals surface area contributed by atoms with E-state index in [1.165, 1.54) is 5.57 Å². The standard InChI is InChI=1S/C14H24O3/c1-5-16-14(15)13-12(17-13)9-11(4)8-6-7-10(2)3/h7,11-13H,5-6,8-9H2,1-4H3. The highest BCUT2D eigenvalue weighted by atomic mass is 16.6. The predicted molar refractivity (Wildman–Crippen MR) is 67.7 cm³/mol. The zero-order chi connectivity index (χ0) is 12.8. The summed E-state index contributed by atoms with van der Waals surface area (Å²) in [6.07, 6.45) is 5.28. The molecule has 0 spiro atoms. The summed E-state index contributed by atoms with van der Waals surface area (Å²) in [5.41, 5.74) is 1.37. The third kappa shape index (κ3) is 5.35. The Kier molecular flexibility index (Phi) is 5.69. The molecule has 0 aromatic carbocycles. The number of carbonyl (C=O) groups is 1. The second-order valence-corrected chi connectivity index (χ2v) is 5.05. The van der Waals surface area contributed by atoms with E-state index in [9.17, 15) is 4.79 Å². The molecule has 0 radical (unpaired) electrons. The van der Waals surface area contributed by atoms with Gasteiger partial charge in [-0.05, 0) is 46.0 Å². The Morgan fingerprint density at radius 2 is 2.18 bits per heavy atom. The fourth-order valence-corrected chi connectivity index (χ4v) is 1.92. The molecule has 1 aliphatic heterocycles. The fourth-order valence-electron chi connectivity index (χ4n) is 1.92. The molecule has 0 amide bonds. The highest BCUT2D eigenvalue weighted by Gasteiger charge is 2.46. The first-order chi connectivity index (χ1) is 8.04. The van der Waals surface area contributed by atoms with Gasteiger partial charge >= 0.3 is 5.97 Å². The van der Waals surface area contributed by atoms with E-state index in [2.05, 4.69) is 26.8 Å². The van der Waals surface area contributed by atoms with Crippen LogP contribution in [0.15, 0.2) is 11.6 Å². The smallest absolute Gasteiger partial charge is 0.337 e. The number of allylic oxidation sites excluding steroid dienone is 2. The van der Waals surface area contributed by atoms with Crippen molar-refractivity contribution in [1.82, 2.24) is 0 Å². The maximum atomic E-state index is 11.3. The number of esters is 1. The molecule has 3 nitrogen and oxygen atoms in total. The van der Waals surface area contributed by atoms with Crippen molar-refractivity contribution in [2.75, 3.05) is 6.61 Å². The third-order valence-electron chi connectivity index (χ3n) is 2.95. The lowest BCUT2D eigenvalue weighted by Gasteiger charge is -2.07. The second-order valence-electron chi connectivity index (χ2n) is 5.05. The van der Waals surface area contributed by atoms with Gasteiger partial charge in [-0.2, -0.15) is 0 Å². The van der Waals surface area contributed by atoms with Crippen molar-refractivity contribution in [1.29, 1.82) is 0 Å². The average Bonchev–Trinajstić information content (AvgIpc) is 2.97. The quantitative estimate of drug-likeness (QED) is 0.390. The van der Waals surface area contributed by atoms with Crippen LogP contribution in [0.1, 0.15) is 47.0 Å². The minimum Gasteiger partial charge on any atom is -0.464 e. The third-order valence-corrected chi connectivity index (χ3v) is 2.95. The van der Waals surface area contributed by atoms with Crippen LogP contribution >= 0.6 is 0 Å². The molecule has 98 valence electrons. The Hall–Kier alpha value is -0.830. The van der Waals surface area contributed by atoms with Crippen molar-refractivity contribution in [2.24, 2.45) is 5.92 Å². The normalized spacial score (nSPS) is 24.0. The molecule has 0 N–H and O–H groups in total. The topological polar surface area (TPSA) is 38.8 Å². The average molecular weight is 240 g/mol. The summed E-state index contributed by atoms with van der Waals surface area (Å²) in [5, 5.41) is 0. The Balaban J connectivity index is 2.15. The molecule has 3 atom stereocenters.